The Morgan fingerprint density at radius 1 is 0.962 bits per heavy atom. The third kappa shape index (κ3) is 4.94. The topological polar surface area (TPSA) is 66.9 Å². The summed E-state index contributed by atoms with van der Waals surface area (Å²) in [6, 6.07) is 14.8. The van der Waals surface area contributed by atoms with E-state index in [-0.39, 0.29) is 11.6 Å². The highest BCUT2D eigenvalue weighted by molar-refractivity contribution is 6.33. The number of para-hydroxylation sites is 1. The summed E-state index contributed by atoms with van der Waals surface area (Å²) in [6.45, 7) is 0.502. The molecule has 1 aromatic heterocycles. The van der Waals surface area contributed by atoms with Gasteiger partial charge in [-0.15, -0.1) is 0 Å². The van der Waals surface area contributed by atoms with Crippen LogP contribution in [0.3, 0.4) is 0 Å². The molecule has 0 aliphatic carbocycles. The highest BCUT2D eigenvalue weighted by Gasteiger charge is 2.08. The molecule has 0 unspecified atom stereocenters. The van der Waals surface area contributed by atoms with Crippen LogP contribution in [0.15, 0.2) is 60.9 Å². The maximum Gasteiger partial charge on any atom is 0.271 e. The Morgan fingerprint density at radius 3 is 2.42 bits per heavy atom. The van der Waals surface area contributed by atoms with E-state index in [1.165, 1.54) is 12.4 Å². The lowest BCUT2D eigenvalue weighted by molar-refractivity contribution is 0.0949. The lowest BCUT2D eigenvalue weighted by Crippen LogP contribution is -2.26. The Balaban J connectivity index is 1.53. The molecular formula is C19H16Cl2N4O. The van der Waals surface area contributed by atoms with E-state index in [1.54, 1.807) is 6.07 Å². The van der Waals surface area contributed by atoms with Gasteiger partial charge in [-0.3, -0.25) is 4.79 Å². The molecule has 0 saturated carbocycles. The first-order valence-corrected chi connectivity index (χ1v) is 8.73. The molecule has 3 aromatic rings. The van der Waals surface area contributed by atoms with Crippen molar-refractivity contribution in [2.24, 2.45) is 0 Å². The van der Waals surface area contributed by atoms with Gasteiger partial charge >= 0.3 is 0 Å². The van der Waals surface area contributed by atoms with Crippen molar-refractivity contribution >= 4 is 40.6 Å². The number of carbonyl (C=O) groups excluding carboxylic acids is 1. The van der Waals surface area contributed by atoms with Gasteiger partial charge in [-0.1, -0.05) is 47.5 Å². The number of hydrogen-bond donors (Lipinski definition) is 2. The van der Waals surface area contributed by atoms with Crippen LogP contribution in [0.5, 0.6) is 0 Å². The highest BCUT2D eigenvalue weighted by atomic mass is 35.5. The van der Waals surface area contributed by atoms with Crippen LogP contribution < -0.4 is 10.6 Å². The second kappa shape index (κ2) is 8.65. The summed E-state index contributed by atoms with van der Waals surface area (Å²) < 4.78 is 0. The van der Waals surface area contributed by atoms with E-state index in [0.717, 1.165) is 11.3 Å². The molecule has 3 rings (SSSR count). The molecule has 0 saturated heterocycles. The zero-order valence-corrected chi connectivity index (χ0v) is 15.3. The molecule has 0 spiro atoms. The van der Waals surface area contributed by atoms with Crippen molar-refractivity contribution in [1.29, 1.82) is 0 Å². The Morgan fingerprint density at radius 2 is 1.73 bits per heavy atom. The van der Waals surface area contributed by atoms with Crippen molar-refractivity contribution in [3.63, 3.8) is 0 Å². The van der Waals surface area contributed by atoms with Crippen molar-refractivity contribution in [2.75, 3.05) is 11.9 Å². The average Bonchev–Trinajstić information content (AvgIpc) is 2.66. The van der Waals surface area contributed by atoms with Gasteiger partial charge in [0.1, 0.15) is 11.5 Å². The normalized spacial score (nSPS) is 10.4. The summed E-state index contributed by atoms with van der Waals surface area (Å²) >= 11 is 11.9. The predicted octanol–water partition coefficient (Wildman–Crippen LogP) is 4.50. The zero-order valence-electron chi connectivity index (χ0n) is 13.7. The molecule has 132 valence electrons. The van der Waals surface area contributed by atoms with Gasteiger partial charge in [0.05, 0.1) is 23.1 Å². The van der Waals surface area contributed by atoms with Crippen molar-refractivity contribution < 1.29 is 4.79 Å². The molecule has 2 N–H and O–H groups in total. The van der Waals surface area contributed by atoms with E-state index < -0.39 is 0 Å². The first-order valence-electron chi connectivity index (χ1n) is 7.98. The van der Waals surface area contributed by atoms with E-state index in [1.807, 2.05) is 42.5 Å². The maximum atomic E-state index is 12.1. The number of nitrogens with one attached hydrogen (secondary N) is 2. The second-order valence-electron chi connectivity index (χ2n) is 5.52. The molecule has 2 aromatic carbocycles. The van der Waals surface area contributed by atoms with Crippen LogP contribution in [0.1, 0.15) is 16.1 Å². The largest absolute Gasteiger partial charge is 0.350 e. The first-order chi connectivity index (χ1) is 12.6. The molecular weight excluding hydrogens is 371 g/mol. The molecule has 0 aliphatic heterocycles. The number of anilines is 2. The number of hydrogen-bond acceptors (Lipinski definition) is 4. The van der Waals surface area contributed by atoms with Crippen molar-refractivity contribution in [1.82, 2.24) is 15.3 Å². The molecule has 1 amide bonds. The third-order valence-corrected chi connectivity index (χ3v) is 4.22. The van der Waals surface area contributed by atoms with Crippen molar-refractivity contribution in [2.45, 2.75) is 6.42 Å². The van der Waals surface area contributed by atoms with Gasteiger partial charge < -0.3 is 10.6 Å². The van der Waals surface area contributed by atoms with Crippen LogP contribution in [-0.2, 0) is 6.42 Å². The summed E-state index contributed by atoms with van der Waals surface area (Å²) in [5.74, 6) is 0.242. The van der Waals surface area contributed by atoms with Crippen LogP contribution >= 0.6 is 23.2 Å². The Labute approximate surface area is 161 Å². The van der Waals surface area contributed by atoms with Gasteiger partial charge in [0.2, 0.25) is 0 Å². The van der Waals surface area contributed by atoms with E-state index in [9.17, 15) is 4.79 Å². The Hall–Kier alpha value is -2.63. The number of rotatable bonds is 6. The van der Waals surface area contributed by atoms with Crippen LogP contribution in [0.25, 0.3) is 0 Å². The molecule has 0 fully saturated rings. The van der Waals surface area contributed by atoms with Gasteiger partial charge in [-0.05, 0) is 36.2 Å². The Kier molecular flexibility index (Phi) is 6.04. The number of halogens is 2. The van der Waals surface area contributed by atoms with Crippen molar-refractivity contribution in [3.05, 3.63) is 82.2 Å². The van der Waals surface area contributed by atoms with E-state index in [4.69, 9.17) is 23.2 Å². The molecule has 7 heteroatoms. The average molecular weight is 387 g/mol. The van der Waals surface area contributed by atoms with Crippen LogP contribution in [0.4, 0.5) is 11.5 Å². The standard InChI is InChI=1S/C19H16Cl2N4O/c20-14-7-5-13(6-8-14)9-10-22-19(26)17-11-24-18(12-23-17)25-16-4-2-1-3-15(16)21/h1-8,11-12H,9-10H2,(H,22,26)(H,24,25). The van der Waals surface area contributed by atoms with Gasteiger partial charge in [-0.2, -0.15) is 0 Å². The molecule has 0 radical (unpaired) electrons. The fraction of sp³-hybridized carbons (Fsp3) is 0.105. The summed E-state index contributed by atoms with van der Waals surface area (Å²) in [5.41, 5.74) is 2.08. The minimum absolute atomic E-state index is 0.255. The van der Waals surface area contributed by atoms with E-state index in [0.29, 0.717) is 28.8 Å². The minimum atomic E-state index is -0.268. The molecule has 0 aliphatic rings. The quantitative estimate of drug-likeness (QED) is 0.654. The summed E-state index contributed by atoms with van der Waals surface area (Å²) in [7, 11) is 0. The molecule has 1 heterocycles. The first kappa shape index (κ1) is 18.2. The van der Waals surface area contributed by atoms with Gasteiger partial charge in [0.25, 0.3) is 5.91 Å². The van der Waals surface area contributed by atoms with Crippen LogP contribution in [0.2, 0.25) is 10.0 Å². The minimum Gasteiger partial charge on any atom is -0.350 e. The maximum absolute atomic E-state index is 12.1. The Bertz CT molecular complexity index is 883. The highest BCUT2D eigenvalue weighted by Crippen LogP contribution is 2.23. The number of aromatic nitrogens is 2. The fourth-order valence-corrected chi connectivity index (χ4v) is 2.58. The second-order valence-corrected chi connectivity index (χ2v) is 6.37. The smallest absolute Gasteiger partial charge is 0.271 e. The zero-order chi connectivity index (χ0) is 18.4. The molecule has 0 atom stereocenters. The lowest BCUT2D eigenvalue weighted by atomic mass is 10.1. The predicted molar refractivity (Wildman–Crippen MR) is 104 cm³/mol. The van der Waals surface area contributed by atoms with E-state index in [2.05, 4.69) is 20.6 Å². The number of nitrogens with zero attached hydrogens (tertiary/aromatic N) is 2. The molecule has 5 nitrogen and oxygen atoms in total. The monoisotopic (exact) mass is 386 g/mol. The summed E-state index contributed by atoms with van der Waals surface area (Å²) in [6.07, 6.45) is 3.64. The number of benzene rings is 2. The van der Waals surface area contributed by atoms with E-state index >= 15 is 0 Å². The molecule has 26 heavy (non-hydrogen) atoms. The molecule has 0 bridgehead atoms. The van der Waals surface area contributed by atoms with Crippen LogP contribution in [0, 0.1) is 0 Å². The fourth-order valence-electron chi connectivity index (χ4n) is 2.27. The SMILES string of the molecule is O=C(NCCc1ccc(Cl)cc1)c1cnc(Nc2ccccc2Cl)cn1. The number of amides is 1. The lowest BCUT2D eigenvalue weighted by Gasteiger charge is -2.08. The summed E-state index contributed by atoms with van der Waals surface area (Å²) in [4.78, 5) is 20.5. The van der Waals surface area contributed by atoms with Gasteiger partial charge in [0, 0.05) is 11.6 Å². The van der Waals surface area contributed by atoms with Gasteiger partial charge in [0.15, 0.2) is 0 Å². The number of carbonyl (C=O) groups is 1. The third-order valence-electron chi connectivity index (χ3n) is 3.63. The summed E-state index contributed by atoms with van der Waals surface area (Å²) in [5, 5.41) is 7.16. The van der Waals surface area contributed by atoms with Crippen LogP contribution in [-0.4, -0.2) is 22.4 Å². The van der Waals surface area contributed by atoms with Gasteiger partial charge in [-0.25, -0.2) is 9.97 Å². The van der Waals surface area contributed by atoms with Crippen molar-refractivity contribution in [3.8, 4) is 0 Å².